The number of urea groups is 1. The Labute approximate surface area is 174 Å². The molecule has 2 aliphatic heterocycles. The highest BCUT2D eigenvalue weighted by molar-refractivity contribution is 7.91. The highest BCUT2D eigenvalue weighted by Gasteiger charge is 2.42. The van der Waals surface area contributed by atoms with Crippen molar-refractivity contribution >= 4 is 27.8 Å². The van der Waals surface area contributed by atoms with Gasteiger partial charge in [0.05, 0.1) is 48.4 Å². The van der Waals surface area contributed by atoms with Gasteiger partial charge in [-0.3, -0.25) is 4.90 Å². The number of carbonyl (C=O) groups is 3. The Kier molecular flexibility index (Phi) is 6.16. The second kappa shape index (κ2) is 8.47. The normalized spacial score (nSPS) is 23.2. The van der Waals surface area contributed by atoms with Crippen molar-refractivity contribution in [2.75, 3.05) is 25.2 Å². The van der Waals surface area contributed by atoms with Gasteiger partial charge in [0.1, 0.15) is 0 Å². The van der Waals surface area contributed by atoms with Gasteiger partial charge in [0.15, 0.2) is 9.84 Å². The molecule has 1 N–H and O–H groups in total. The molecule has 0 radical (unpaired) electrons. The van der Waals surface area contributed by atoms with Gasteiger partial charge < -0.3 is 14.8 Å². The molecule has 1 aromatic carbocycles. The maximum atomic E-state index is 12.9. The summed E-state index contributed by atoms with van der Waals surface area (Å²) in [6.07, 6.45) is 0.307. The van der Waals surface area contributed by atoms with Gasteiger partial charge in [0.2, 0.25) is 0 Å². The van der Waals surface area contributed by atoms with Gasteiger partial charge >= 0.3 is 18.0 Å². The topological polar surface area (TPSA) is 119 Å². The number of amides is 2. The lowest BCUT2D eigenvalue weighted by Crippen LogP contribution is -2.52. The predicted octanol–water partition coefficient (Wildman–Crippen LogP) is 1.56. The van der Waals surface area contributed by atoms with Crippen LogP contribution < -0.4 is 5.32 Å². The number of benzene rings is 1. The second-order valence-corrected chi connectivity index (χ2v) is 9.37. The molecule has 2 heterocycles. The van der Waals surface area contributed by atoms with E-state index in [2.05, 4.69) is 10.1 Å². The molecule has 0 spiro atoms. The van der Waals surface area contributed by atoms with Crippen LogP contribution in [0.5, 0.6) is 0 Å². The van der Waals surface area contributed by atoms with Crippen LogP contribution in [0.2, 0.25) is 0 Å². The van der Waals surface area contributed by atoms with Crippen LogP contribution in [0, 0.1) is 0 Å². The summed E-state index contributed by atoms with van der Waals surface area (Å²) in [6, 6.07) is 4.52. The molecule has 10 heteroatoms. The van der Waals surface area contributed by atoms with Gasteiger partial charge in [0, 0.05) is 5.70 Å². The van der Waals surface area contributed by atoms with Crippen molar-refractivity contribution in [3.8, 4) is 0 Å². The molecular weight excluding hydrogens is 412 g/mol. The van der Waals surface area contributed by atoms with Gasteiger partial charge in [-0.25, -0.2) is 22.8 Å². The molecule has 162 valence electrons. The molecule has 1 aromatic rings. The van der Waals surface area contributed by atoms with Gasteiger partial charge in [-0.05, 0) is 38.0 Å². The number of hydrogen-bond donors (Lipinski definition) is 1. The first-order valence-electron chi connectivity index (χ1n) is 9.54. The number of rotatable bonds is 5. The van der Waals surface area contributed by atoms with Crippen molar-refractivity contribution in [3.63, 3.8) is 0 Å². The number of nitrogens with one attached hydrogen (secondary N) is 1. The standard InChI is InChI=1S/C20H24N2O7S/c1-4-29-19(24)16-12(2)22(15-9-10-30(26,27)11-15)20(25)21-17(16)13-5-7-14(8-6-13)18(23)28-3/h5-8,15,17H,4,9-11H2,1-3H3,(H,21,25)/t15-,17-/m1/s1. The summed E-state index contributed by atoms with van der Waals surface area (Å²) in [5, 5.41) is 2.79. The Hall–Kier alpha value is -2.88. The fraction of sp³-hybridized carbons (Fsp3) is 0.450. The van der Waals surface area contributed by atoms with E-state index in [0.717, 1.165) is 0 Å². The number of carbonyl (C=O) groups excluding carboxylic acids is 3. The van der Waals surface area contributed by atoms with Crippen molar-refractivity contribution in [1.29, 1.82) is 0 Å². The largest absolute Gasteiger partial charge is 0.465 e. The Morgan fingerprint density at radius 3 is 2.40 bits per heavy atom. The number of methoxy groups -OCH3 is 1. The maximum Gasteiger partial charge on any atom is 0.338 e. The quantitative estimate of drug-likeness (QED) is 0.696. The van der Waals surface area contributed by atoms with Gasteiger partial charge in [0.25, 0.3) is 0 Å². The monoisotopic (exact) mass is 436 g/mol. The summed E-state index contributed by atoms with van der Waals surface area (Å²) in [5.74, 6) is -1.24. The Morgan fingerprint density at radius 2 is 1.87 bits per heavy atom. The summed E-state index contributed by atoms with van der Waals surface area (Å²) in [7, 11) is -1.95. The molecule has 0 bridgehead atoms. The first-order chi connectivity index (χ1) is 14.2. The average molecular weight is 436 g/mol. The zero-order chi connectivity index (χ0) is 22.1. The summed E-state index contributed by atoms with van der Waals surface area (Å²) in [4.78, 5) is 38.7. The smallest absolute Gasteiger partial charge is 0.338 e. The van der Waals surface area contributed by atoms with E-state index < -0.39 is 39.9 Å². The summed E-state index contributed by atoms with van der Waals surface area (Å²) in [5.41, 5.74) is 1.50. The van der Waals surface area contributed by atoms with Gasteiger partial charge in [-0.1, -0.05) is 12.1 Å². The van der Waals surface area contributed by atoms with E-state index in [1.807, 2.05) is 0 Å². The van der Waals surface area contributed by atoms with Crippen LogP contribution in [0.1, 0.15) is 42.2 Å². The van der Waals surface area contributed by atoms with Crippen molar-refractivity contribution in [1.82, 2.24) is 10.2 Å². The number of nitrogens with zero attached hydrogens (tertiary/aromatic N) is 1. The first kappa shape index (κ1) is 21.8. The number of ether oxygens (including phenoxy) is 2. The van der Waals surface area contributed by atoms with E-state index in [0.29, 0.717) is 23.2 Å². The van der Waals surface area contributed by atoms with E-state index in [1.54, 1.807) is 38.1 Å². The first-order valence-corrected chi connectivity index (χ1v) is 11.4. The van der Waals surface area contributed by atoms with Gasteiger partial charge in [-0.15, -0.1) is 0 Å². The van der Waals surface area contributed by atoms with Crippen molar-refractivity contribution < 1.29 is 32.3 Å². The van der Waals surface area contributed by atoms with Crippen molar-refractivity contribution in [2.24, 2.45) is 0 Å². The van der Waals surface area contributed by atoms with E-state index in [1.165, 1.54) is 12.0 Å². The average Bonchev–Trinajstić information content (AvgIpc) is 3.06. The summed E-state index contributed by atoms with van der Waals surface area (Å²) >= 11 is 0. The Balaban J connectivity index is 2.02. The molecule has 2 amide bonds. The third-order valence-corrected chi connectivity index (χ3v) is 7.01. The van der Waals surface area contributed by atoms with E-state index >= 15 is 0 Å². The molecule has 1 saturated heterocycles. The van der Waals surface area contributed by atoms with Crippen LogP contribution in [0.15, 0.2) is 35.5 Å². The molecule has 0 aromatic heterocycles. The number of esters is 2. The molecule has 9 nitrogen and oxygen atoms in total. The Bertz CT molecular complexity index is 998. The maximum absolute atomic E-state index is 12.9. The van der Waals surface area contributed by atoms with Crippen molar-refractivity contribution in [2.45, 2.75) is 32.4 Å². The number of sulfone groups is 1. The van der Waals surface area contributed by atoms with Crippen LogP contribution in [0.4, 0.5) is 4.79 Å². The highest BCUT2D eigenvalue weighted by atomic mass is 32.2. The molecule has 0 unspecified atom stereocenters. The lowest BCUT2D eigenvalue weighted by molar-refractivity contribution is -0.139. The summed E-state index contributed by atoms with van der Waals surface area (Å²) in [6.45, 7) is 3.44. The van der Waals surface area contributed by atoms with Crippen LogP contribution in [-0.2, 0) is 24.1 Å². The van der Waals surface area contributed by atoms with E-state index in [-0.39, 0.29) is 23.7 Å². The minimum Gasteiger partial charge on any atom is -0.465 e. The van der Waals surface area contributed by atoms with Crippen molar-refractivity contribution in [3.05, 3.63) is 46.7 Å². The molecule has 30 heavy (non-hydrogen) atoms. The SMILES string of the molecule is CCOC(=O)C1=C(C)N([C@@H]2CCS(=O)(=O)C2)C(=O)N[C@@H]1c1ccc(C(=O)OC)cc1. The summed E-state index contributed by atoms with van der Waals surface area (Å²) < 4.78 is 33.7. The lowest BCUT2D eigenvalue weighted by Gasteiger charge is -2.38. The molecule has 0 aliphatic carbocycles. The molecule has 2 aliphatic rings. The van der Waals surface area contributed by atoms with Crippen LogP contribution >= 0.6 is 0 Å². The minimum absolute atomic E-state index is 0.00187. The molecular formula is C20H24N2O7S. The van der Waals surface area contributed by atoms with Crippen LogP contribution in [0.3, 0.4) is 0 Å². The fourth-order valence-electron chi connectivity index (χ4n) is 3.83. The minimum atomic E-state index is -3.22. The zero-order valence-electron chi connectivity index (χ0n) is 17.0. The number of allylic oxidation sites excluding steroid dienone is 1. The molecule has 0 saturated carbocycles. The van der Waals surface area contributed by atoms with Crippen LogP contribution in [0.25, 0.3) is 0 Å². The molecule has 2 atom stereocenters. The second-order valence-electron chi connectivity index (χ2n) is 7.14. The lowest BCUT2D eigenvalue weighted by atomic mass is 9.93. The molecule has 1 fully saturated rings. The fourth-order valence-corrected chi connectivity index (χ4v) is 5.53. The third-order valence-electron chi connectivity index (χ3n) is 5.26. The van der Waals surface area contributed by atoms with Gasteiger partial charge in [-0.2, -0.15) is 0 Å². The highest BCUT2D eigenvalue weighted by Crippen LogP contribution is 2.34. The van der Waals surface area contributed by atoms with E-state index in [4.69, 9.17) is 4.74 Å². The zero-order valence-corrected chi connectivity index (χ0v) is 17.8. The Morgan fingerprint density at radius 1 is 1.20 bits per heavy atom. The number of hydrogen-bond acceptors (Lipinski definition) is 7. The molecule has 3 rings (SSSR count). The van der Waals surface area contributed by atoms with E-state index in [9.17, 15) is 22.8 Å². The third kappa shape index (κ3) is 4.18. The van der Waals surface area contributed by atoms with Crippen LogP contribution in [-0.4, -0.2) is 62.6 Å². The predicted molar refractivity (Wildman–Crippen MR) is 107 cm³/mol.